The first-order valence-electron chi connectivity index (χ1n) is 4.26. The van der Waals surface area contributed by atoms with Crippen LogP contribution in [-0.2, 0) is 0 Å². The standard InChI is InChI=1S/C10H12ClNO2/c1-6(2)14-9-4-3-7(10(12)13)5-8(9)11/h3-6H,1-2H3,(H2,12,13). The summed E-state index contributed by atoms with van der Waals surface area (Å²) in [5.41, 5.74) is 5.48. The number of carbonyl (C=O) groups excluding carboxylic acids is 1. The van der Waals surface area contributed by atoms with Gasteiger partial charge in [-0.2, -0.15) is 0 Å². The number of halogens is 1. The Morgan fingerprint density at radius 2 is 2.14 bits per heavy atom. The minimum atomic E-state index is -0.497. The largest absolute Gasteiger partial charge is 0.489 e. The van der Waals surface area contributed by atoms with Crippen molar-refractivity contribution in [3.05, 3.63) is 28.8 Å². The number of primary amides is 1. The van der Waals surface area contributed by atoms with E-state index in [0.717, 1.165) is 0 Å². The number of hydrogen-bond donors (Lipinski definition) is 1. The molecule has 0 radical (unpaired) electrons. The summed E-state index contributed by atoms with van der Waals surface area (Å²) in [7, 11) is 0. The summed E-state index contributed by atoms with van der Waals surface area (Å²) in [6.45, 7) is 3.80. The maximum Gasteiger partial charge on any atom is 0.248 e. The Morgan fingerprint density at radius 1 is 1.50 bits per heavy atom. The minimum Gasteiger partial charge on any atom is -0.489 e. The fraction of sp³-hybridized carbons (Fsp3) is 0.300. The molecule has 1 aromatic carbocycles. The lowest BCUT2D eigenvalue weighted by Crippen LogP contribution is -2.11. The van der Waals surface area contributed by atoms with Crippen LogP contribution >= 0.6 is 11.6 Å². The van der Waals surface area contributed by atoms with Gasteiger partial charge >= 0.3 is 0 Å². The number of carbonyl (C=O) groups is 1. The van der Waals surface area contributed by atoms with Gasteiger partial charge in [0.1, 0.15) is 5.75 Å². The van der Waals surface area contributed by atoms with Crippen molar-refractivity contribution >= 4 is 17.5 Å². The maximum atomic E-state index is 10.8. The SMILES string of the molecule is CC(C)Oc1ccc(C(N)=O)cc1Cl. The Balaban J connectivity index is 2.95. The molecular weight excluding hydrogens is 202 g/mol. The summed E-state index contributed by atoms with van der Waals surface area (Å²) < 4.78 is 5.40. The number of amides is 1. The average molecular weight is 214 g/mol. The molecule has 14 heavy (non-hydrogen) atoms. The van der Waals surface area contributed by atoms with E-state index < -0.39 is 5.91 Å². The van der Waals surface area contributed by atoms with E-state index in [9.17, 15) is 4.79 Å². The van der Waals surface area contributed by atoms with E-state index in [1.807, 2.05) is 13.8 Å². The molecular formula is C10H12ClNO2. The van der Waals surface area contributed by atoms with Crippen molar-refractivity contribution in [3.8, 4) is 5.75 Å². The van der Waals surface area contributed by atoms with E-state index in [1.165, 1.54) is 6.07 Å². The van der Waals surface area contributed by atoms with Gasteiger partial charge in [0.25, 0.3) is 0 Å². The van der Waals surface area contributed by atoms with Gasteiger partial charge in [0.05, 0.1) is 11.1 Å². The van der Waals surface area contributed by atoms with Crippen molar-refractivity contribution in [1.82, 2.24) is 0 Å². The molecule has 1 rings (SSSR count). The average Bonchev–Trinajstić information content (AvgIpc) is 2.07. The molecule has 0 aliphatic rings. The van der Waals surface area contributed by atoms with Gasteiger partial charge in [-0.25, -0.2) is 0 Å². The van der Waals surface area contributed by atoms with Crippen molar-refractivity contribution in [1.29, 1.82) is 0 Å². The number of rotatable bonds is 3. The molecule has 0 bridgehead atoms. The molecule has 3 nitrogen and oxygen atoms in total. The first-order valence-corrected chi connectivity index (χ1v) is 4.64. The van der Waals surface area contributed by atoms with Gasteiger partial charge < -0.3 is 10.5 Å². The molecule has 1 amide bonds. The van der Waals surface area contributed by atoms with E-state index >= 15 is 0 Å². The first kappa shape index (κ1) is 10.9. The van der Waals surface area contributed by atoms with Crippen LogP contribution in [0, 0.1) is 0 Å². The van der Waals surface area contributed by atoms with Crippen molar-refractivity contribution in [2.24, 2.45) is 5.73 Å². The predicted molar refractivity (Wildman–Crippen MR) is 55.7 cm³/mol. The van der Waals surface area contributed by atoms with Crippen LogP contribution in [0.3, 0.4) is 0 Å². The molecule has 0 heterocycles. The van der Waals surface area contributed by atoms with E-state index in [1.54, 1.807) is 12.1 Å². The van der Waals surface area contributed by atoms with Crippen LogP contribution in [0.1, 0.15) is 24.2 Å². The van der Waals surface area contributed by atoms with Gasteiger partial charge in [-0.1, -0.05) is 11.6 Å². The smallest absolute Gasteiger partial charge is 0.248 e. The van der Waals surface area contributed by atoms with Crippen LogP contribution in [0.25, 0.3) is 0 Å². The molecule has 1 aromatic rings. The lowest BCUT2D eigenvalue weighted by molar-refractivity contribution is 0.100. The van der Waals surface area contributed by atoms with Crippen LogP contribution in [0.15, 0.2) is 18.2 Å². The zero-order chi connectivity index (χ0) is 10.7. The quantitative estimate of drug-likeness (QED) is 0.837. The topological polar surface area (TPSA) is 52.3 Å². The number of benzene rings is 1. The second-order valence-corrected chi connectivity index (χ2v) is 3.58. The molecule has 0 unspecified atom stereocenters. The molecule has 2 N–H and O–H groups in total. The van der Waals surface area contributed by atoms with Crippen LogP contribution in [0.4, 0.5) is 0 Å². The molecule has 0 spiro atoms. The van der Waals surface area contributed by atoms with E-state index in [-0.39, 0.29) is 6.10 Å². The van der Waals surface area contributed by atoms with Gasteiger partial charge in [-0.05, 0) is 32.0 Å². The highest BCUT2D eigenvalue weighted by Crippen LogP contribution is 2.26. The Hall–Kier alpha value is -1.22. The summed E-state index contributed by atoms with van der Waals surface area (Å²) in [6.07, 6.45) is 0.0481. The normalized spacial score (nSPS) is 10.3. The highest BCUT2D eigenvalue weighted by Gasteiger charge is 2.07. The number of nitrogens with two attached hydrogens (primary N) is 1. The third-order valence-electron chi connectivity index (χ3n) is 1.58. The highest BCUT2D eigenvalue weighted by atomic mass is 35.5. The lowest BCUT2D eigenvalue weighted by atomic mass is 10.2. The molecule has 0 saturated carbocycles. The third-order valence-corrected chi connectivity index (χ3v) is 1.87. The second kappa shape index (κ2) is 4.33. The maximum absolute atomic E-state index is 10.8. The summed E-state index contributed by atoms with van der Waals surface area (Å²) in [5.74, 6) is 0.0645. The van der Waals surface area contributed by atoms with Crippen LogP contribution in [-0.4, -0.2) is 12.0 Å². The Morgan fingerprint density at radius 3 is 2.57 bits per heavy atom. The summed E-state index contributed by atoms with van der Waals surface area (Å²) in [5, 5.41) is 0.398. The van der Waals surface area contributed by atoms with E-state index in [0.29, 0.717) is 16.3 Å². The summed E-state index contributed by atoms with van der Waals surface area (Å²) in [6, 6.07) is 4.73. The van der Waals surface area contributed by atoms with Crippen LogP contribution in [0.2, 0.25) is 5.02 Å². The molecule has 76 valence electrons. The van der Waals surface area contributed by atoms with Crippen LogP contribution in [0.5, 0.6) is 5.75 Å². The molecule has 0 atom stereocenters. The molecule has 0 aromatic heterocycles. The van der Waals surface area contributed by atoms with Crippen LogP contribution < -0.4 is 10.5 Å². The van der Waals surface area contributed by atoms with Gasteiger partial charge in [0, 0.05) is 5.56 Å². The fourth-order valence-corrected chi connectivity index (χ4v) is 1.23. The highest BCUT2D eigenvalue weighted by molar-refractivity contribution is 6.32. The molecule has 0 fully saturated rings. The first-order chi connectivity index (χ1) is 6.50. The minimum absolute atomic E-state index is 0.0481. The summed E-state index contributed by atoms with van der Waals surface area (Å²) >= 11 is 5.88. The van der Waals surface area contributed by atoms with Crippen molar-refractivity contribution in [2.75, 3.05) is 0 Å². The van der Waals surface area contributed by atoms with Crippen molar-refractivity contribution in [3.63, 3.8) is 0 Å². The van der Waals surface area contributed by atoms with Gasteiger partial charge in [0.2, 0.25) is 5.91 Å². The monoisotopic (exact) mass is 213 g/mol. The molecule has 4 heteroatoms. The van der Waals surface area contributed by atoms with Gasteiger partial charge in [-0.15, -0.1) is 0 Å². The van der Waals surface area contributed by atoms with Crippen molar-refractivity contribution in [2.45, 2.75) is 20.0 Å². The van der Waals surface area contributed by atoms with Gasteiger partial charge in [0.15, 0.2) is 0 Å². The Bertz CT molecular complexity index is 350. The molecule has 0 aliphatic carbocycles. The van der Waals surface area contributed by atoms with E-state index in [4.69, 9.17) is 22.1 Å². The second-order valence-electron chi connectivity index (χ2n) is 3.18. The fourth-order valence-electron chi connectivity index (χ4n) is 1.00. The number of hydrogen-bond acceptors (Lipinski definition) is 2. The van der Waals surface area contributed by atoms with Crippen molar-refractivity contribution < 1.29 is 9.53 Å². The van der Waals surface area contributed by atoms with Gasteiger partial charge in [-0.3, -0.25) is 4.79 Å². The zero-order valence-electron chi connectivity index (χ0n) is 8.08. The predicted octanol–water partition coefficient (Wildman–Crippen LogP) is 2.23. The molecule has 0 saturated heterocycles. The third kappa shape index (κ3) is 2.64. The summed E-state index contributed by atoms with van der Waals surface area (Å²) in [4.78, 5) is 10.8. The zero-order valence-corrected chi connectivity index (χ0v) is 8.84. The van der Waals surface area contributed by atoms with E-state index in [2.05, 4.69) is 0 Å². The lowest BCUT2D eigenvalue weighted by Gasteiger charge is -2.11. The molecule has 0 aliphatic heterocycles. The Kier molecular flexibility index (Phi) is 3.36. The number of ether oxygens (including phenoxy) is 1. The Labute approximate surface area is 87.8 Å².